The fraction of sp³-hybridized carbons (Fsp3) is 0.319. The monoisotopic (exact) mass is 1480 g/mol. The summed E-state index contributed by atoms with van der Waals surface area (Å²) in [4.78, 5) is 48.5. The molecule has 2 heterocycles. The number of hydrogen-bond donors (Lipinski definition) is 2. The van der Waals surface area contributed by atoms with Crippen molar-refractivity contribution in [1.29, 1.82) is 0 Å². The molecule has 10 aromatic carbocycles. The molecule has 0 aromatic heterocycles. The van der Waals surface area contributed by atoms with E-state index in [4.69, 9.17) is 47.4 Å². The van der Waals surface area contributed by atoms with Crippen LogP contribution >= 0.6 is 0 Å². The van der Waals surface area contributed by atoms with Gasteiger partial charge >= 0.3 is 23.9 Å². The van der Waals surface area contributed by atoms with E-state index in [1.807, 2.05) is 109 Å². The Hall–Kier alpha value is -11.5. The van der Waals surface area contributed by atoms with Crippen molar-refractivity contribution in [2.24, 2.45) is 0 Å². The number of methoxy groups -OCH3 is 4. The van der Waals surface area contributed by atoms with Crippen LogP contribution in [0.15, 0.2) is 194 Å². The molecule has 2 aliphatic heterocycles. The molecule has 0 saturated heterocycles. The minimum absolute atomic E-state index is 0.0460. The van der Waals surface area contributed by atoms with Crippen molar-refractivity contribution in [2.75, 3.05) is 41.7 Å². The van der Waals surface area contributed by atoms with Crippen molar-refractivity contribution in [1.82, 2.24) is 0 Å². The summed E-state index contributed by atoms with van der Waals surface area (Å²) in [7, 11) is 6.65. The van der Waals surface area contributed by atoms with Crippen molar-refractivity contribution in [3.8, 4) is 68.2 Å². The molecule has 0 amide bonds. The van der Waals surface area contributed by atoms with Crippen molar-refractivity contribution in [2.45, 2.75) is 152 Å². The van der Waals surface area contributed by atoms with Crippen molar-refractivity contribution in [3.63, 3.8) is 0 Å². The Labute approximate surface area is 642 Å². The first-order valence-electron chi connectivity index (χ1n) is 38.2. The number of fused-ring (bicyclic) bond motifs is 16. The van der Waals surface area contributed by atoms with Crippen molar-refractivity contribution < 1.29 is 76.8 Å². The van der Waals surface area contributed by atoms with Crippen LogP contribution in [0, 0.1) is 0 Å². The van der Waals surface area contributed by atoms with E-state index in [-0.39, 0.29) is 49.7 Å². The maximum Gasteiger partial charge on any atom is 0.306 e. The molecule has 4 atom stereocenters. The van der Waals surface area contributed by atoms with Crippen LogP contribution in [0.5, 0.6) is 46.0 Å². The van der Waals surface area contributed by atoms with Gasteiger partial charge in [-0.1, -0.05) is 175 Å². The van der Waals surface area contributed by atoms with Gasteiger partial charge < -0.3 is 57.6 Å². The van der Waals surface area contributed by atoms with Gasteiger partial charge in [-0.3, -0.25) is 19.2 Å². The fourth-order valence-electron chi connectivity index (χ4n) is 16.8. The van der Waals surface area contributed by atoms with Gasteiger partial charge in [0.05, 0.1) is 54.1 Å². The largest absolute Gasteiger partial charge is 0.497 e. The molecular weight excluding hydrogens is 1390 g/mol. The lowest BCUT2D eigenvalue weighted by Gasteiger charge is -2.38. The van der Waals surface area contributed by atoms with Crippen LogP contribution in [0.2, 0.25) is 0 Å². The number of unbranched alkanes of at least 4 members (excludes halogenated alkanes) is 7. The van der Waals surface area contributed by atoms with Crippen LogP contribution in [0.3, 0.4) is 0 Å². The normalized spacial score (nSPS) is 16.8. The lowest BCUT2D eigenvalue weighted by Crippen LogP contribution is -2.35. The fourth-order valence-corrected chi connectivity index (χ4v) is 16.8. The maximum absolute atomic E-state index is 12.9. The summed E-state index contributed by atoms with van der Waals surface area (Å²) in [5.41, 5.74) is 12.4. The van der Waals surface area contributed by atoms with E-state index in [2.05, 4.69) is 125 Å². The molecule has 0 fully saturated rings. The minimum Gasteiger partial charge on any atom is -0.497 e. The molecule has 0 spiro atoms. The highest BCUT2D eigenvalue weighted by molar-refractivity contribution is 6.10. The van der Waals surface area contributed by atoms with Crippen LogP contribution < -0.4 is 37.9 Å². The Kier molecular flexibility index (Phi) is 21.9. The second-order valence-corrected chi connectivity index (χ2v) is 30.0. The van der Waals surface area contributed by atoms with Crippen molar-refractivity contribution in [3.05, 3.63) is 250 Å². The molecule has 16 heteroatoms. The minimum atomic E-state index is -1.10. The lowest BCUT2D eigenvalue weighted by atomic mass is 9.77. The Balaban J connectivity index is 0.630. The highest BCUT2D eigenvalue weighted by atomic mass is 16.6. The Morgan fingerprint density at radius 2 is 0.709 bits per heavy atom. The van der Waals surface area contributed by atoms with Gasteiger partial charge in [0, 0.05) is 55.0 Å². The molecule has 2 N–H and O–H groups in total. The predicted octanol–water partition coefficient (Wildman–Crippen LogP) is 20.3. The first kappa shape index (κ1) is 75.3. The average Bonchev–Trinajstić information content (AvgIpc) is 1.50. The number of aliphatic carboxylic acids is 2. The topological polar surface area (TPSA) is 201 Å². The van der Waals surface area contributed by atoms with E-state index in [1.165, 1.54) is 44.5 Å². The zero-order valence-corrected chi connectivity index (χ0v) is 63.7. The van der Waals surface area contributed by atoms with Crippen LogP contribution in [-0.2, 0) is 50.7 Å². The van der Waals surface area contributed by atoms with E-state index < -0.39 is 47.3 Å². The van der Waals surface area contributed by atoms with Crippen LogP contribution in [0.4, 0.5) is 0 Å². The third-order valence-electron chi connectivity index (χ3n) is 22.5. The summed E-state index contributed by atoms with van der Waals surface area (Å²) in [5, 5.41) is 22.7. The molecule has 110 heavy (non-hydrogen) atoms. The van der Waals surface area contributed by atoms with Gasteiger partial charge in [0.15, 0.2) is 11.2 Å². The summed E-state index contributed by atoms with van der Waals surface area (Å²) < 4.78 is 62.9. The lowest BCUT2D eigenvalue weighted by molar-refractivity contribution is -0.149. The summed E-state index contributed by atoms with van der Waals surface area (Å²) >= 11 is 0. The Bertz CT molecular complexity index is 4830. The molecule has 0 bridgehead atoms. The van der Waals surface area contributed by atoms with Gasteiger partial charge in [-0.05, 0) is 178 Å². The molecule has 0 radical (unpaired) electrons. The van der Waals surface area contributed by atoms with Gasteiger partial charge in [-0.15, -0.1) is 0 Å². The number of carboxylic acid groups (broad SMARTS) is 2. The predicted molar refractivity (Wildman–Crippen MR) is 427 cm³/mol. The number of ether oxygens (including phenoxy) is 10. The molecule has 10 aromatic rings. The Morgan fingerprint density at radius 1 is 0.382 bits per heavy atom. The number of benzene rings is 10. The zero-order valence-electron chi connectivity index (χ0n) is 63.7. The van der Waals surface area contributed by atoms with Gasteiger partial charge in [-0.2, -0.15) is 0 Å². The van der Waals surface area contributed by atoms with Crippen LogP contribution in [-0.4, -0.2) is 88.0 Å². The standard InChI is InChI=1S/C94H94O16/c1-91(2)79-25-19-17-23-73(79)85-71-45-43-67(103-7)55-77(71)89-75(87(85)91)51-53-93(109-89,59-27-35-63(101-5)36-28-59)61-31-39-65(40-32-61)107-69(57-105-83(99)49-47-81(95)96)21-15-13-11-9-10-12-14-16-22-70(58-106-84(100)50-48-82(97)98)108-66-41-33-62(34-42-66)94(60-29-37-64(102-6)38-30-60)54-52-76-88-86(74-24-18-20-26-80(74)92(88,3)4)72-46-44-68(104-8)56-78(72)90(76)110-94/h17-20,23-46,51-56,69-70H,9-16,21-22,47-50,57-58H2,1-8H3,(H,95,96)(H,97,98). The van der Waals surface area contributed by atoms with Gasteiger partial charge in [0.2, 0.25) is 0 Å². The molecule has 566 valence electrons. The molecule has 4 unspecified atom stereocenters. The number of carbonyl (C=O) groups is 4. The number of carboxylic acids is 2. The van der Waals surface area contributed by atoms with E-state index in [0.717, 1.165) is 118 Å². The van der Waals surface area contributed by atoms with E-state index in [1.54, 1.807) is 28.4 Å². The highest BCUT2D eigenvalue weighted by Gasteiger charge is 2.47. The Morgan fingerprint density at radius 3 is 1.05 bits per heavy atom. The SMILES string of the molecule is COc1ccc(C2(c3ccc(OC(CCCCCCCCCCC(COC(=O)CCC(=O)O)Oc4ccc(C5(c6ccc(OC)cc6)C=Cc6c7c(c8ccc(OC)cc8c6O5)-c5ccccc5C7(C)C)cc4)COC(=O)CCC(=O)O)cc3)C=Cc3c4c(c5ccc(OC)cc5c3O2)-c2ccccc2C4(C)C)cc1. The summed E-state index contributed by atoms with van der Waals surface area (Å²) in [5.74, 6) is 2.14. The second kappa shape index (κ2) is 32.0. The zero-order chi connectivity index (χ0) is 76.9. The highest BCUT2D eigenvalue weighted by Crippen LogP contribution is 2.61. The summed E-state index contributed by atoms with van der Waals surface area (Å²) in [6.45, 7) is 9.04. The average molecular weight is 1480 g/mol. The van der Waals surface area contributed by atoms with E-state index in [9.17, 15) is 29.4 Å². The van der Waals surface area contributed by atoms with Gasteiger partial charge in [0.1, 0.15) is 71.4 Å². The second-order valence-electron chi connectivity index (χ2n) is 30.0. The van der Waals surface area contributed by atoms with Crippen LogP contribution in [0.1, 0.15) is 173 Å². The molecule has 4 aliphatic rings. The molecule has 2 aliphatic carbocycles. The van der Waals surface area contributed by atoms with Gasteiger partial charge in [0.25, 0.3) is 0 Å². The molecule has 0 saturated carbocycles. The number of carbonyl (C=O) groups excluding carboxylic acids is 2. The molecule has 14 rings (SSSR count). The number of hydrogen-bond acceptors (Lipinski definition) is 14. The maximum atomic E-state index is 12.9. The number of rotatable bonds is 33. The molecule has 16 nitrogen and oxygen atoms in total. The van der Waals surface area contributed by atoms with E-state index in [0.29, 0.717) is 47.3 Å². The summed E-state index contributed by atoms with van der Waals surface area (Å²) in [6.07, 6.45) is 15.1. The molecular formula is C94H94O16. The van der Waals surface area contributed by atoms with Crippen molar-refractivity contribution >= 4 is 57.6 Å². The first-order chi connectivity index (χ1) is 53.3. The third kappa shape index (κ3) is 14.8. The number of esters is 2. The quantitative estimate of drug-likeness (QED) is 0.0290. The first-order valence-corrected chi connectivity index (χ1v) is 38.2. The van der Waals surface area contributed by atoms with E-state index >= 15 is 0 Å². The smallest absolute Gasteiger partial charge is 0.306 e. The third-order valence-corrected chi connectivity index (χ3v) is 22.5. The van der Waals surface area contributed by atoms with Crippen LogP contribution in [0.25, 0.3) is 56.0 Å². The van der Waals surface area contributed by atoms with Gasteiger partial charge in [-0.25, -0.2) is 0 Å². The summed E-state index contributed by atoms with van der Waals surface area (Å²) in [6, 6.07) is 61.3.